The normalized spacial score (nSPS) is 29.8. The van der Waals surface area contributed by atoms with Crippen molar-refractivity contribution in [2.45, 2.75) is 90.6 Å². The Labute approximate surface area is 108 Å². The van der Waals surface area contributed by atoms with E-state index in [-0.39, 0.29) is 5.60 Å². The summed E-state index contributed by atoms with van der Waals surface area (Å²) in [5.74, 6) is 1.18. The van der Waals surface area contributed by atoms with Crippen molar-refractivity contribution in [3.05, 3.63) is 0 Å². The van der Waals surface area contributed by atoms with Crippen molar-refractivity contribution in [2.24, 2.45) is 11.8 Å². The first-order valence-corrected chi connectivity index (χ1v) is 7.82. The molecule has 0 radical (unpaired) electrons. The molecule has 2 unspecified atom stereocenters. The number of hydrogen-bond donors (Lipinski definition) is 1. The summed E-state index contributed by atoms with van der Waals surface area (Å²) in [6, 6.07) is 0. The van der Waals surface area contributed by atoms with Crippen LogP contribution in [0, 0.1) is 11.8 Å². The molecule has 0 aromatic carbocycles. The molecule has 2 atom stereocenters. The van der Waals surface area contributed by atoms with Crippen LogP contribution in [0.3, 0.4) is 0 Å². The topological polar surface area (TPSA) is 20.2 Å². The Kier molecular flexibility index (Phi) is 6.54. The van der Waals surface area contributed by atoms with Crippen LogP contribution in [0.5, 0.6) is 0 Å². The van der Waals surface area contributed by atoms with Gasteiger partial charge in [-0.05, 0) is 31.1 Å². The summed E-state index contributed by atoms with van der Waals surface area (Å²) >= 11 is 0. The van der Waals surface area contributed by atoms with Gasteiger partial charge in [-0.15, -0.1) is 0 Å². The van der Waals surface area contributed by atoms with Gasteiger partial charge < -0.3 is 5.11 Å². The molecule has 0 amide bonds. The fourth-order valence-electron chi connectivity index (χ4n) is 3.55. The van der Waals surface area contributed by atoms with E-state index in [2.05, 4.69) is 20.8 Å². The molecule has 0 saturated heterocycles. The Morgan fingerprint density at radius 3 is 2.47 bits per heavy atom. The van der Waals surface area contributed by atoms with Gasteiger partial charge in [0.15, 0.2) is 0 Å². The van der Waals surface area contributed by atoms with Crippen molar-refractivity contribution in [1.29, 1.82) is 0 Å². The van der Waals surface area contributed by atoms with Crippen LogP contribution in [0.25, 0.3) is 0 Å². The molecule has 1 nitrogen and oxygen atoms in total. The molecule has 0 aromatic heterocycles. The number of hydrogen-bond acceptors (Lipinski definition) is 1. The lowest BCUT2D eigenvalue weighted by Gasteiger charge is -2.42. The fourth-order valence-corrected chi connectivity index (χ4v) is 3.55. The van der Waals surface area contributed by atoms with Gasteiger partial charge in [-0.25, -0.2) is 0 Å². The van der Waals surface area contributed by atoms with Crippen LogP contribution >= 0.6 is 0 Å². The minimum atomic E-state index is -0.335. The van der Waals surface area contributed by atoms with Crippen LogP contribution in [0.1, 0.15) is 85.0 Å². The summed E-state index contributed by atoms with van der Waals surface area (Å²) in [5.41, 5.74) is -0.335. The molecule has 1 fully saturated rings. The number of unbranched alkanes of at least 4 members (excludes halogenated alkanes) is 4. The highest BCUT2D eigenvalue weighted by Crippen LogP contribution is 2.41. The predicted molar refractivity (Wildman–Crippen MR) is 75.1 cm³/mol. The molecule has 0 spiro atoms. The van der Waals surface area contributed by atoms with Crippen LogP contribution in [-0.4, -0.2) is 10.7 Å². The third-order valence-electron chi connectivity index (χ3n) is 4.58. The summed E-state index contributed by atoms with van der Waals surface area (Å²) in [7, 11) is 0. The van der Waals surface area contributed by atoms with E-state index in [0.29, 0.717) is 11.8 Å². The highest BCUT2D eigenvalue weighted by atomic mass is 16.3. The molecule has 17 heavy (non-hydrogen) atoms. The molecular weight excluding hydrogens is 208 g/mol. The first-order valence-electron chi connectivity index (χ1n) is 7.82. The quantitative estimate of drug-likeness (QED) is 0.626. The zero-order valence-electron chi connectivity index (χ0n) is 12.2. The zero-order chi connectivity index (χ0) is 12.7. The molecule has 0 heterocycles. The Morgan fingerprint density at radius 2 is 1.82 bits per heavy atom. The average molecular weight is 240 g/mol. The molecule has 0 aliphatic heterocycles. The van der Waals surface area contributed by atoms with E-state index < -0.39 is 0 Å². The molecule has 1 heteroatoms. The first-order chi connectivity index (χ1) is 8.10. The predicted octanol–water partition coefficient (Wildman–Crippen LogP) is 4.92. The number of aliphatic hydroxyl groups is 1. The monoisotopic (exact) mass is 240 g/mol. The van der Waals surface area contributed by atoms with Gasteiger partial charge in [-0.1, -0.05) is 65.7 Å². The lowest BCUT2D eigenvalue weighted by Crippen LogP contribution is -2.43. The smallest absolute Gasteiger partial charge is 0.0678 e. The van der Waals surface area contributed by atoms with Crippen molar-refractivity contribution in [2.75, 3.05) is 0 Å². The van der Waals surface area contributed by atoms with Crippen LogP contribution in [0.4, 0.5) is 0 Å². The third kappa shape index (κ3) is 4.62. The maximum Gasteiger partial charge on any atom is 0.0678 e. The molecule has 1 aliphatic rings. The standard InChI is InChI=1S/C16H32O/c1-4-5-6-7-9-12-16(17)13-10-8-11-15(16)14(2)3/h14-15,17H,4-13H2,1-3H3. The van der Waals surface area contributed by atoms with Crippen molar-refractivity contribution < 1.29 is 5.11 Å². The second-order valence-electron chi connectivity index (χ2n) is 6.36. The van der Waals surface area contributed by atoms with Crippen molar-refractivity contribution in [1.82, 2.24) is 0 Å². The van der Waals surface area contributed by atoms with Crippen LogP contribution in [-0.2, 0) is 0 Å². The Balaban J connectivity index is 2.35. The first kappa shape index (κ1) is 15.0. The lowest BCUT2D eigenvalue weighted by molar-refractivity contribution is -0.0734. The van der Waals surface area contributed by atoms with E-state index in [1.807, 2.05) is 0 Å². The maximum absolute atomic E-state index is 10.9. The van der Waals surface area contributed by atoms with Crippen LogP contribution in [0.15, 0.2) is 0 Å². The average Bonchev–Trinajstić information content (AvgIpc) is 2.29. The summed E-state index contributed by atoms with van der Waals surface area (Å²) in [5, 5.41) is 10.9. The molecular formula is C16H32O. The molecule has 0 bridgehead atoms. The van der Waals surface area contributed by atoms with Crippen molar-refractivity contribution >= 4 is 0 Å². The van der Waals surface area contributed by atoms with Crippen LogP contribution in [0.2, 0.25) is 0 Å². The van der Waals surface area contributed by atoms with Gasteiger partial charge in [-0.3, -0.25) is 0 Å². The highest BCUT2D eigenvalue weighted by molar-refractivity contribution is 4.91. The van der Waals surface area contributed by atoms with Gasteiger partial charge in [0.2, 0.25) is 0 Å². The molecule has 1 saturated carbocycles. The van der Waals surface area contributed by atoms with Gasteiger partial charge in [0, 0.05) is 0 Å². The number of rotatable bonds is 7. The summed E-state index contributed by atoms with van der Waals surface area (Å²) in [6.45, 7) is 6.81. The lowest BCUT2D eigenvalue weighted by atomic mass is 9.68. The maximum atomic E-state index is 10.9. The van der Waals surface area contributed by atoms with Crippen molar-refractivity contribution in [3.63, 3.8) is 0 Å². The summed E-state index contributed by atoms with van der Waals surface area (Å²) < 4.78 is 0. The fraction of sp³-hybridized carbons (Fsp3) is 1.00. The molecule has 0 aromatic rings. The summed E-state index contributed by atoms with van der Waals surface area (Å²) in [6.07, 6.45) is 12.4. The summed E-state index contributed by atoms with van der Waals surface area (Å²) in [4.78, 5) is 0. The van der Waals surface area contributed by atoms with E-state index >= 15 is 0 Å². The second kappa shape index (κ2) is 7.41. The van der Waals surface area contributed by atoms with Crippen molar-refractivity contribution in [3.8, 4) is 0 Å². The van der Waals surface area contributed by atoms with Gasteiger partial charge >= 0.3 is 0 Å². The Morgan fingerprint density at radius 1 is 1.12 bits per heavy atom. The minimum Gasteiger partial charge on any atom is -0.390 e. The molecule has 1 rings (SSSR count). The Hall–Kier alpha value is -0.0400. The zero-order valence-corrected chi connectivity index (χ0v) is 12.2. The third-order valence-corrected chi connectivity index (χ3v) is 4.58. The van der Waals surface area contributed by atoms with E-state index in [4.69, 9.17) is 0 Å². The highest BCUT2D eigenvalue weighted by Gasteiger charge is 2.39. The van der Waals surface area contributed by atoms with E-state index in [9.17, 15) is 5.11 Å². The molecule has 1 N–H and O–H groups in total. The van der Waals surface area contributed by atoms with Gasteiger partial charge in [-0.2, -0.15) is 0 Å². The van der Waals surface area contributed by atoms with E-state index in [0.717, 1.165) is 12.8 Å². The van der Waals surface area contributed by atoms with E-state index in [1.165, 1.54) is 51.4 Å². The van der Waals surface area contributed by atoms with Gasteiger partial charge in [0.25, 0.3) is 0 Å². The second-order valence-corrected chi connectivity index (χ2v) is 6.36. The molecule has 102 valence electrons. The van der Waals surface area contributed by atoms with Gasteiger partial charge in [0.05, 0.1) is 5.60 Å². The SMILES string of the molecule is CCCCCCCC1(O)CCCCC1C(C)C. The van der Waals surface area contributed by atoms with E-state index in [1.54, 1.807) is 0 Å². The Bertz CT molecular complexity index is 200. The molecule has 1 aliphatic carbocycles. The largest absolute Gasteiger partial charge is 0.390 e. The van der Waals surface area contributed by atoms with Crippen LogP contribution < -0.4 is 0 Å². The minimum absolute atomic E-state index is 0.335. The van der Waals surface area contributed by atoms with Gasteiger partial charge in [0.1, 0.15) is 0 Å².